The molecular formula is C16H21N3OS. The van der Waals surface area contributed by atoms with Gasteiger partial charge in [-0.25, -0.2) is 4.98 Å². The van der Waals surface area contributed by atoms with E-state index in [0.717, 1.165) is 36.7 Å². The van der Waals surface area contributed by atoms with E-state index in [0.29, 0.717) is 0 Å². The number of aryl methyl sites for hydroxylation is 1. The molecule has 0 bridgehead atoms. The highest BCUT2D eigenvalue weighted by molar-refractivity contribution is 7.15. The molecule has 0 saturated carbocycles. The topological polar surface area (TPSA) is 51.4 Å². The summed E-state index contributed by atoms with van der Waals surface area (Å²) in [7, 11) is 3.78. The zero-order valence-electron chi connectivity index (χ0n) is 12.5. The molecule has 0 fully saturated rings. The third-order valence-corrected chi connectivity index (χ3v) is 5.25. The van der Waals surface area contributed by atoms with Crippen molar-refractivity contribution in [3.8, 4) is 5.75 Å². The first-order valence-corrected chi connectivity index (χ1v) is 8.09. The summed E-state index contributed by atoms with van der Waals surface area (Å²) < 4.78 is 5.42. The molecule has 1 unspecified atom stereocenters. The molecule has 1 aliphatic rings. The van der Waals surface area contributed by atoms with Crippen LogP contribution >= 0.6 is 11.3 Å². The van der Waals surface area contributed by atoms with E-state index in [4.69, 9.17) is 15.5 Å². The van der Waals surface area contributed by atoms with Gasteiger partial charge in [-0.1, -0.05) is 29.5 Å². The lowest BCUT2D eigenvalue weighted by Crippen LogP contribution is -2.16. The number of nitrogens with two attached hydrogens (primary N) is 1. The summed E-state index contributed by atoms with van der Waals surface area (Å²) in [5, 5.41) is 1.04. The normalized spacial score (nSPS) is 17.4. The van der Waals surface area contributed by atoms with Crippen LogP contribution in [0, 0.1) is 0 Å². The Morgan fingerprint density at radius 3 is 3.00 bits per heavy atom. The molecule has 112 valence electrons. The maximum atomic E-state index is 6.19. The molecule has 5 heteroatoms. The fourth-order valence-corrected chi connectivity index (χ4v) is 3.87. The molecule has 2 N–H and O–H groups in total. The van der Waals surface area contributed by atoms with Crippen LogP contribution in [-0.2, 0) is 13.0 Å². The highest BCUT2D eigenvalue weighted by atomic mass is 32.1. The van der Waals surface area contributed by atoms with E-state index < -0.39 is 0 Å². The van der Waals surface area contributed by atoms with E-state index in [-0.39, 0.29) is 6.04 Å². The Kier molecular flexibility index (Phi) is 4.12. The standard InChI is InChI=1S/C16H21N3OS/c1-19(10-11-6-3-4-9-14(11)20-2)16-18-13-8-5-7-12(17)15(13)21-16/h3-4,6,9,12H,5,7-8,10,17H2,1-2H3. The molecule has 0 aliphatic heterocycles. The number of hydrogen-bond donors (Lipinski definition) is 1. The van der Waals surface area contributed by atoms with Crippen molar-refractivity contribution in [2.45, 2.75) is 31.8 Å². The first-order valence-electron chi connectivity index (χ1n) is 7.27. The molecule has 0 spiro atoms. The van der Waals surface area contributed by atoms with Gasteiger partial charge < -0.3 is 15.4 Å². The molecule has 0 saturated heterocycles. The molecular weight excluding hydrogens is 282 g/mol. The van der Waals surface area contributed by atoms with Gasteiger partial charge in [0, 0.05) is 30.1 Å². The fraction of sp³-hybridized carbons (Fsp3) is 0.438. The first-order chi connectivity index (χ1) is 10.2. The third-order valence-electron chi connectivity index (χ3n) is 3.91. The van der Waals surface area contributed by atoms with Crippen LogP contribution in [0.1, 0.15) is 35.0 Å². The molecule has 0 amide bonds. The number of ether oxygens (including phenoxy) is 1. The summed E-state index contributed by atoms with van der Waals surface area (Å²) in [5.41, 5.74) is 8.55. The summed E-state index contributed by atoms with van der Waals surface area (Å²) in [6.45, 7) is 0.783. The molecule has 1 heterocycles. The number of thiazole rings is 1. The number of rotatable bonds is 4. The number of methoxy groups -OCH3 is 1. The number of benzene rings is 1. The second-order valence-corrected chi connectivity index (χ2v) is 6.48. The van der Waals surface area contributed by atoms with Crippen molar-refractivity contribution in [3.05, 3.63) is 40.4 Å². The summed E-state index contributed by atoms with van der Waals surface area (Å²) in [6, 6.07) is 8.28. The van der Waals surface area contributed by atoms with Gasteiger partial charge in [-0.15, -0.1) is 0 Å². The van der Waals surface area contributed by atoms with Gasteiger partial charge in [0.05, 0.1) is 12.8 Å². The van der Waals surface area contributed by atoms with Gasteiger partial charge in [0.25, 0.3) is 0 Å². The second kappa shape index (κ2) is 6.03. The number of fused-ring (bicyclic) bond motifs is 1. The lowest BCUT2D eigenvalue weighted by Gasteiger charge is -2.17. The highest BCUT2D eigenvalue weighted by Crippen LogP contribution is 2.36. The van der Waals surface area contributed by atoms with Crippen LogP contribution in [0.15, 0.2) is 24.3 Å². The Hall–Kier alpha value is -1.59. The molecule has 21 heavy (non-hydrogen) atoms. The molecule has 4 nitrogen and oxygen atoms in total. The number of nitrogens with zero attached hydrogens (tertiary/aromatic N) is 2. The Balaban J connectivity index is 1.81. The number of para-hydroxylation sites is 1. The Morgan fingerprint density at radius 1 is 1.43 bits per heavy atom. The molecule has 1 aliphatic carbocycles. The quantitative estimate of drug-likeness (QED) is 0.943. The van der Waals surface area contributed by atoms with Crippen LogP contribution in [0.25, 0.3) is 0 Å². The SMILES string of the molecule is COc1ccccc1CN(C)c1nc2c(s1)C(N)CCC2. The molecule has 0 radical (unpaired) electrons. The summed E-state index contributed by atoms with van der Waals surface area (Å²) >= 11 is 1.73. The zero-order chi connectivity index (χ0) is 14.8. The Morgan fingerprint density at radius 2 is 2.24 bits per heavy atom. The largest absolute Gasteiger partial charge is 0.496 e. The van der Waals surface area contributed by atoms with E-state index >= 15 is 0 Å². The van der Waals surface area contributed by atoms with E-state index in [1.165, 1.54) is 16.1 Å². The van der Waals surface area contributed by atoms with Crippen molar-refractivity contribution in [2.24, 2.45) is 5.73 Å². The van der Waals surface area contributed by atoms with Crippen LogP contribution < -0.4 is 15.4 Å². The Bertz CT molecular complexity index is 626. The van der Waals surface area contributed by atoms with Crippen molar-refractivity contribution < 1.29 is 4.74 Å². The number of anilines is 1. The van der Waals surface area contributed by atoms with E-state index in [1.807, 2.05) is 18.2 Å². The fourth-order valence-electron chi connectivity index (χ4n) is 2.76. The van der Waals surface area contributed by atoms with Crippen molar-refractivity contribution in [1.82, 2.24) is 4.98 Å². The lowest BCUT2D eigenvalue weighted by atomic mass is 9.99. The smallest absolute Gasteiger partial charge is 0.185 e. The van der Waals surface area contributed by atoms with Gasteiger partial charge in [0.1, 0.15) is 5.75 Å². The average molecular weight is 303 g/mol. The average Bonchev–Trinajstić information content (AvgIpc) is 2.93. The van der Waals surface area contributed by atoms with Crippen LogP contribution in [0.4, 0.5) is 5.13 Å². The van der Waals surface area contributed by atoms with Gasteiger partial charge in [-0.3, -0.25) is 0 Å². The monoisotopic (exact) mass is 303 g/mol. The van der Waals surface area contributed by atoms with E-state index in [1.54, 1.807) is 18.4 Å². The number of hydrogen-bond acceptors (Lipinski definition) is 5. The van der Waals surface area contributed by atoms with Crippen LogP contribution in [-0.4, -0.2) is 19.1 Å². The summed E-state index contributed by atoms with van der Waals surface area (Å²) in [4.78, 5) is 8.22. The summed E-state index contributed by atoms with van der Waals surface area (Å²) in [6.07, 6.45) is 3.28. The first kappa shape index (κ1) is 14.4. The minimum atomic E-state index is 0.166. The van der Waals surface area contributed by atoms with Gasteiger partial charge >= 0.3 is 0 Å². The van der Waals surface area contributed by atoms with Crippen molar-refractivity contribution >= 4 is 16.5 Å². The van der Waals surface area contributed by atoms with Gasteiger partial charge in [-0.05, 0) is 25.3 Å². The minimum absolute atomic E-state index is 0.166. The second-order valence-electron chi connectivity index (χ2n) is 5.47. The molecule has 1 aromatic heterocycles. The van der Waals surface area contributed by atoms with Crippen LogP contribution in [0.3, 0.4) is 0 Å². The predicted octanol–water partition coefficient (Wildman–Crippen LogP) is 3.12. The van der Waals surface area contributed by atoms with Crippen LogP contribution in [0.5, 0.6) is 5.75 Å². The molecule has 3 rings (SSSR count). The predicted molar refractivity (Wildman–Crippen MR) is 87.1 cm³/mol. The maximum absolute atomic E-state index is 6.19. The van der Waals surface area contributed by atoms with E-state index in [2.05, 4.69) is 18.0 Å². The van der Waals surface area contributed by atoms with Gasteiger partial charge in [0.2, 0.25) is 0 Å². The van der Waals surface area contributed by atoms with Crippen LogP contribution in [0.2, 0.25) is 0 Å². The van der Waals surface area contributed by atoms with Gasteiger partial charge in [-0.2, -0.15) is 0 Å². The minimum Gasteiger partial charge on any atom is -0.496 e. The van der Waals surface area contributed by atoms with Crippen molar-refractivity contribution in [2.75, 3.05) is 19.1 Å². The third kappa shape index (κ3) is 2.89. The van der Waals surface area contributed by atoms with E-state index in [9.17, 15) is 0 Å². The molecule has 1 atom stereocenters. The Labute approximate surface area is 129 Å². The maximum Gasteiger partial charge on any atom is 0.185 e. The van der Waals surface area contributed by atoms with Crippen molar-refractivity contribution in [1.29, 1.82) is 0 Å². The van der Waals surface area contributed by atoms with Gasteiger partial charge in [0.15, 0.2) is 5.13 Å². The zero-order valence-corrected chi connectivity index (χ0v) is 13.3. The number of aromatic nitrogens is 1. The van der Waals surface area contributed by atoms with Crippen molar-refractivity contribution in [3.63, 3.8) is 0 Å². The molecule has 1 aromatic carbocycles. The lowest BCUT2D eigenvalue weighted by molar-refractivity contribution is 0.409. The highest BCUT2D eigenvalue weighted by Gasteiger charge is 2.23. The summed E-state index contributed by atoms with van der Waals surface area (Å²) in [5.74, 6) is 0.919. The molecule has 2 aromatic rings.